The second-order valence-electron chi connectivity index (χ2n) is 10.5. The van der Waals surface area contributed by atoms with Crippen LogP contribution in [0, 0.1) is 0 Å². The molecule has 4 aromatic carbocycles. The van der Waals surface area contributed by atoms with E-state index < -0.39 is 68.2 Å². The lowest BCUT2D eigenvalue weighted by Crippen LogP contribution is -2.04. The van der Waals surface area contributed by atoms with E-state index in [2.05, 4.69) is 29.9 Å². The Bertz CT molecular complexity index is 2130. The van der Waals surface area contributed by atoms with Gasteiger partial charge in [0.15, 0.2) is 0 Å². The molecule has 6 rings (SSSR count). The van der Waals surface area contributed by atoms with E-state index in [-0.39, 0.29) is 45.3 Å². The minimum absolute atomic E-state index is 0.0331. The lowest BCUT2D eigenvalue weighted by atomic mass is 10.2. The maximum Gasteiger partial charge on any atom is 0.423 e. The van der Waals surface area contributed by atoms with Gasteiger partial charge in [-0.2, -0.15) is 0 Å². The Morgan fingerprint density at radius 1 is 0.357 bits per heavy atom. The number of ether oxygens (including phenoxy) is 4. The average molecular weight is 785 g/mol. The monoisotopic (exact) mass is 784 g/mol. The predicted molar refractivity (Wildman–Crippen MR) is 184 cm³/mol. The quantitative estimate of drug-likeness (QED) is 0.0834. The van der Waals surface area contributed by atoms with Crippen molar-refractivity contribution in [3.8, 4) is 59.1 Å². The maximum atomic E-state index is 13.2. The van der Waals surface area contributed by atoms with Crippen LogP contribution >= 0.6 is 8.25 Å². The first-order chi connectivity index (χ1) is 26.9. The molecule has 2 aromatic heterocycles. The standard InChI is InChI=1S/C34H21N6O15P/c41-25(42)17-1-9-21(10-2-17)50-29-35-30(51-22-11-3-18(4-12-22)26(43)44)38-33(37-29)54-56(49)55-34-39-31(52-23-13-5-19(6-14-23)27(45)46)36-32(40-34)53-24-15-7-20(8-16-24)28(47)48/h1-16,56H,(H,41,42)(H,43,44)(H,45,46)(H,47,48). The number of carbonyl (C=O) groups is 4. The van der Waals surface area contributed by atoms with Crippen LogP contribution in [0.5, 0.6) is 59.1 Å². The number of benzene rings is 4. The van der Waals surface area contributed by atoms with E-state index in [4.69, 9.17) is 28.0 Å². The molecule has 0 amide bonds. The first kappa shape index (κ1) is 37.6. The lowest BCUT2D eigenvalue weighted by Gasteiger charge is -2.11. The minimum atomic E-state index is -3.75. The molecular weight excluding hydrogens is 763 g/mol. The molecule has 0 fully saturated rings. The van der Waals surface area contributed by atoms with E-state index in [0.29, 0.717) is 0 Å². The van der Waals surface area contributed by atoms with Crippen molar-refractivity contribution >= 4 is 32.1 Å². The van der Waals surface area contributed by atoms with Crippen LogP contribution in [0.1, 0.15) is 41.4 Å². The van der Waals surface area contributed by atoms with Gasteiger partial charge in [0.1, 0.15) is 23.0 Å². The summed E-state index contributed by atoms with van der Waals surface area (Å²) in [5.74, 6) is -4.41. The van der Waals surface area contributed by atoms with Crippen molar-refractivity contribution in [1.29, 1.82) is 0 Å². The molecule has 0 aliphatic rings. The smallest absolute Gasteiger partial charge is 0.423 e. The van der Waals surface area contributed by atoms with Crippen LogP contribution in [-0.2, 0) is 4.57 Å². The third kappa shape index (κ3) is 10.0. The van der Waals surface area contributed by atoms with Crippen molar-refractivity contribution in [3.63, 3.8) is 0 Å². The Labute approximate surface area is 312 Å². The molecule has 282 valence electrons. The number of aromatic carboxylic acids is 4. The maximum absolute atomic E-state index is 13.2. The van der Waals surface area contributed by atoms with Crippen molar-refractivity contribution in [2.45, 2.75) is 0 Å². The molecule has 6 aromatic rings. The Hall–Kier alpha value is -8.19. The molecule has 21 nitrogen and oxygen atoms in total. The van der Waals surface area contributed by atoms with Crippen molar-refractivity contribution in [1.82, 2.24) is 29.9 Å². The number of hydrogen-bond acceptors (Lipinski definition) is 17. The zero-order chi connectivity index (χ0) is 39.8. The molecule has 0 aliphatic carbocycles. The van der Waals surface area contributed by atoms with Gasteiger partial charge in [-0.05, 0) is 97.1 Å². The van der Waals surface area contributed by atoms with Crippen LogP contribution in [0.3, 0.4) is 0 Å². The summed E-state index contributed by atoms with van der Waals surface area (Å²) in [6, 6.07) is 17.3. The number of aromatic nitrogens is 6. The highest BCUT2D eigenvalue weighted by Gasteiger charge is 2.19. The van der Waals surface area contributed by atoms with Crippen LogP contribution in [-0.4, -0.2) is 74.2 Å². The summed E-state index contributed by atoms with van der Waals surface area (Å²) in [4.78, 5) is 68.8. The number of carboxylic acids is 4. The van der Waals surface area contributed by atoms with Crippen molar-refractivity contribution in [2.24, 2.45) is 0 Å². The zero-order valence-electron chi connectivity index (χ0n) is 27.7. The predicted octanol–water partition coefficient (Wildman–Crippen LogP) is 5.87. The van der Waals surface area contributed by atoms with Gasteiger partial charge in [-0.3, -0.25) is 0 Å². The van der Waals surface area contributed by atoms with E-state index in [1.165, 1.54) is 97.1 Å². The number of carboxylic acid groups (broad SMARTS) is 4. The molecule has 4 N–H and O–H groups in total. The van der Waals surface area contributed by atoms with Gasteiger partial charge in [-0.25, -0.2) is 23.7 Å². The summed E-state index contributed by atoms with van der Waals surface area (Å²) in [5, 5.41) is 36.8. The summed E-state index contributed by atoms with van der Waals surface area (Å²) in [5.41, 5.74) is -0.133. The topological polar surface area (TPSA) is 299 Å². The molecule has 0 unspecified atom stereocenters. The molecule has 0 radical (unpaired) electrons. The zero-order valence-corrected chi connectivity index (χ0v) is 28.7. The first-order valence-electron chi connectivity index (χ1n) is 15.3. The molecule has 56 heavy (non-hydrogen) atoms. The van der Waals surface area contributed by atoms with Gasteiger partial charge in [0.05, 0.1) is 22.3 Å². The lowest BCUT2D eigenvalue weighted by molar-refractivity contribution is 0.0686. The first-order valence-corrected chi connectivity index (χ1v) is 16.6. The van der Waals surface area contributed by atoms with Gasteiger partial charge < -0.3 is 48.4 Å². The normalized spacial score (nSPS) is 10.6. The van der Waals surface area contributed by atoms with Crippen molar-refractivity contribution < 1.29 is 72.2 Å². The molecule has 0 spiro atoms. The van der Waals surface area contributed by atoms with E-state index in [9.17, 15) is 44.2 Å². The molecule has 0 saturated heterocycles. The molecule has 22 heteroatoms. The van der Waals surface area contributed by atoms with Gasteiger partial charge >= 0.3 is 68.2 Å². The highest BCUT2D eigenvalue weighted by atomic mass is 31.1. The van der Waals surface area contributed by atoms with Crippen molar-refractivity contribution in [2.75, 3.05) is 0 Å². The fourth-order valence-electron chi connectivity index (χ4n) is 4.17. The van der Waals surface area contributed by atoms with E-state index in [1.54, 1.807) is 0 Å². The highest BCUT2D eigenvalue weighted by Crippen LogP contribution is 2.33. The average Bonchev–Trinajstić information content (AvgIpc) is 3.15. The molecule has 0 atom stereocenters. The van der Waals surface area contributed by atoms with Gasteiger partial charge in [-0.15, -0.1) is 29.9 Å². The second kappa shape index (κ2) is 16.7. The van der Waals surface area contributed by atoms with Crippen LogP contribution < -0.4 is 28.0 Å². The second-order valence-corrected chi connectivity index (χ2v) is 11.5. The van der Waals surface area contributed by atoms with Crippen molar-refractivity contribution in [3.05, 3.63) is 119 Å². The van der Waals surface area contributed by atoms with Gasteiger partial charge in [0, 0.05) is 0 Å². The summed E-state index contributed by atoms with van der Waals surface area (Å²) in [7, 11) is -3.75. The van der Waals surface area contributed by atoms with Gasteiger partial charge in [0.25, 0.3) is 0 Å². The summed E-state index contributed by atoms with van der Waals surface area (Å²) in [6.07, 6.45) is 0. The van der Waals surface area contributed by atoms with Gasteiger partial charge in [0.2, 0.25) is 0 Å². The third-order valence-electron chi connectivity index (χ3n) is 6.74. The van der Waals surface area contributed by atoms with Gasteiger partial charge in [-0.1, -0.05) is 0 Å². The number of rotatable bonds is 16. The third-order valence-corrected chi connectivity index (χ3v) is 7.44. The van der Waals surface area contributed by atoms with Crippen LogP contribution in [0.4, 0.5) is 0 Å². The fraction of sp³-hybridized carbons (Fsp3) is 0. The van der Waals surface area contributed by atoms with Crippen LogP contribution in [0.15, 0.2) is 97.1 Å². The molecule has 0 aliphatic heterocycles. The minimum Gasteiger partial charge on any atom is -0.478 e. The SMILES string of the molecule is O=C(O)c1ccc(Oc2nc(Oc3ccc(C(=O)O)cc3)nc(O[PH](=O)Oc3nc(Oc4ccc(C(=O)O)cc4)nc(Oc4ccc(C(=O)O)cc4)n3)n2)cc1. The van der Waals surface area contributed by atoms with Crippen LogP contribution in [0.25, 0.3) is 0 Å². The van der Waals surface area contributed by atoms with E-state index in [0.717, 1.165) is 0 Å². The molecular formula is C34H21N6O15P. The largest absolute Gasteiger partial charge is 0.478 e. The molecule has 2 heterocycles. The Kier molecular flexibility index (Phi) is 11.2. The van der Waals surface area contributed by atoms with E-state index >= 15 is 0 Å². The molecule has 0 bridgehead atoms. The summed E-state index contributed by atoms with van der Waals surface area (Å²) < 4.78 is 46.3. The van der Waals surface area contributed by atoms with Crippen LogP contribution in [0.2, 0.25) is 0 Å². The molecule has 0 saturated carbocycles. The fourth-order valence-corrected chi connectivity index (χ4v) is 4.69. The number of hydrogen-bond donors (Lipinski definition) is 4. The Morgan fingerprint density at radius 3 is 0.750 bits per heavy atom. The highest BCUT2D eigenvalue weighted by molar-refractivity contribution is 7.34. The Balaban J connectivity index is 1.26. The summed E-state index contributed by atoms with van der Waals surface area (Å²) in [6.45, 7) is 0. The number of nitrogens with zero attached hydrogens (tertiary/aromatic N) is 6. The summed E-state index contributed by atoms with van der Waals surface area (Å²) >= 11 is 0. The van der Waals surface area contributed by atoms with E-state index in [1.807, 2.05) is 0 Å². The Morgan fingerprint density at radius 2 is 0.554 bits per heavy atom.